The predicted octanol–water partition coefficient (Wildman–Crippen LogP) is 1.94. The zero-order chi connectivity index (χ0) is 14.1. The molecule has 0 aliphatic carbocycles. The highest BCUT2D eigenvalue weighted by atomic mass is 32.1. The van der Waals surface area contributed by atoms with Gasteiger partial charge in [-0.05, 0) is 42.5 Å². The Balaban J connectivity index is 1.85. The zero-order valence-corrected chi connectivity index (χ0v) is 12.0. The highest BCUT2D eigenvalue weighted by molar-refractivity contribution is 7.10. The molecule has 1 amide bonds. The number of amides is 1. The van der Waals surface area contributed by atoms with Crippen molar-refractivity contribution >= 4 is 23.1 Å². The Kier molecular flexibility index (Phi) is 3.42. The van der Waals surface area contributed by atoms with E-state index in [4.69, 9.17) is 5.84 Å². The number of fused-ring (bicyclic) bond motifs is 1. The van der Waals surface area contributed by atoms with Crippen LogP contribution in [0.1, 0.15) is 26.5 Å². The number of nitrogens with one attached hydrogen (secondary N) is 1. The lowest BCUT2D eigenvalue weighted by Gasteiger charge is -2.27. The number of anilines is 1. The van der Waals surface area contributed by atoms with Crippen LogP contribution >= 0.6 is 11.3 Å². The van der Waals surface area contributed by atoms with Crippen molar-refractivity contribution in [3.05, 3.63) is 45.3 Å². The minimum atomic E-state index is 0.0313. The Morgan fingerprint density at radius 3 is 3.15 bits per heavy atom. The number of nitrogens with zero attached hydrogens (tertiary/aromatic N) is 2. The maximum Gasteiger partial charge on any atom is 0.254 e. The van der Waals surface area contributed by atoms with E-state index in [1.807, 2.05) is 11.8 Å². The summed E-state index contributed by atoms with van der Waals surface area (Å²) in [5, 5.41) is 2.09. The molecule has 1 aliphatic heterocycles. The molecule has 3 heterocycles. The molecular weight excluding hydrogens is 272 g/mol. The number of rotatable bonds is 2. The maximum atomic E-state index is 12.6. The molecule has 3 rings (SSSR count). The molecule has 0 unspecified atom stereocenters. The second-order valence-electron chi connectivity index (χ2n) is 4.87. The number of carbonyl (C=O) groups is 1. The Hall–Kier alpha value is -1.92. The van der Waals surface area contributed by atoms with Crippen LogP contribution in [0.2, 0.25) is 0 Å². The van der Waals surface area contributed by atoms with Gasteiger partial charge in [0.25, 0.3) is 5.91 Å². The number of hydrazine groups is 1. The number of hydrogen-bond donors (Lipinski definition) is 2. The van der Waals surface area contributed by atoms with Crippen LogP contribution in [0.3, 0.4) is 0 Å². The van der Waals surface area contributed by atoms with E-state index in [0.717, 1.165) is 18.7 Å². The van der Waals surface area contributed by atoms with Crippen LogP contribution in [0.5, 0.6) is 0 Å². The van der Waals surface area contributed by atoms with Crippen molar-refractivity contribution in [3.63, 3.8) is 0 Å². The molecule has 2 aromatic rings. The van der Waals surface area contributed by atoms with Crippen LogP contribution in [0.4, 0.5) is 5.82 Å². The molecule has 104 valence electrons. The summed E-state index contributed by atoms with van der Waals surface area (Å²) in [6.07, 6.45) is 0.935. The zero-order valence-electron chi connectivity index (χ0n) is 11.2. The van der Waals surface area contributed by atoms with Gasteiger partial charge in [-0.3, -0.25) is 4.79 Å². The molecule has 0 spiro atoms. The average molecular weight is 288 g/mol. The molecule has 5 nitrogen and oxygen atoms in total. The molecule has 20 heavy (non-hydrogen) atoms. The Morgan fingerprint density at radius 1 is 1.50 bits per heavy atom. The molecule has 0 saturated heterocycles. The minimum absolute atomic E-state index is 0.0313. The van der Waals surface area contributed by atoms with Gasteiger partial charge in [0.1, 0.15) is 5.82 Å². The largest absolute Gasteiger partial charge is 0.334 e. The van der Waals surface area contributed by atoms with Crippen molar-refractivity contribution in [2.75, 3.05) is 12.0 Å². The van der Waals surface area contributed by atoms with E-state index in [0.29, 0.717) is 17.9 Å². The summed E-state index contributed by atoms with van der Waals surface area (Å²) in [5.74, 6) is 5.93. The second-order valence-corrected chi connectivity index (χ2v) is 5.87. The van der Waals surface area contributed by atoms with Crippen molar-refractivity contribution in [1.29, 1.82) is 0 Å². The van der Waals surface area contributed by atoms with Crippen LogP contribution in [0.25, 0.3) is 0 Å². The molecule has 0 radical (unpaired) electrons. The first-order chi connectivity index (χ1) is 9.67. The summed E-state index contributed by atoms with van der Waals surface area (Å²) in [6.45, 7) is 3.30. The van der Waals surface area contributed by atoms with Crippen LogP contribution in [0, 0.1) is 6.92 Å². The third kappa shape index (κ3) is 2.39. The second kappa shape index (κ2) is 5.22. The van der Waals surface area contributed by atoms with Crippen molar-refractivity contribution < 1.29 is 4.79 Å². The summed E-state index contributed by atoms with van der Waals surface area (Å²) in [6, 6.07) is 5.59. The summed E-state index contributed by atoms with van der Waals surface area (Å²) >= 11 is 1.77. The molecule has 3 N–H and O–H groups in total. The van der Waals surface area contributed by atoms with Gasteiger partial charge in [0.15, 0.2) is 0 Å². The van der Waals surface area contributed by atoms with Gasteiger partial charge in [0.2, 0.25) is 0 Å². The van der Waals surface area contributed by atoms with Crippen molar-refractivity contribution in [2.45, 2.75) is 19.9 Å². The van der Waals surface area contributed by atoms with E-state index in [2.05, 4.69) is 21.9 Å². The number of carbonyl (C=O) groups excluding carboxylic acids is 1. The fraction of sp³-hybridized carbons (Fsp3) is 0.286. The Labute approximate surface area is 121 Å². The molecule has 0 bridgehead atoms. The van der Waals surface area contributed by atoms with Gasteiger partial charge in [-0.2, -0.15) is 0 Å². The van der Waals surface area contributed by atoms with Crippen LogP contribution in [-0.2, 0) is 13.0 Å². The van der Waals surface area contributed by atoms with Crippen molar-refractivity contribution in [2.24, 2.45) is 5.84 Å². The van der Waals surface area contributed by atoms with Gasteiger partial charge in [0.05, 0.1) is 0 Å². The van der Waals surface area contributed by atoms with Crippen molar-refractivity contribution in [1.82, 2.24) is 9.88 Å². The Bertz CT molecular complexity index is 652. The molecule has 1 aliphatic rings. The van der Waals surface area contributed by atoms with Gasteiger partial charge < -0.3 is 10.3 Å². The number of aryl methyl sites for hydroxylation is 1. The lowest BCUT2D eigenvalue weighted by Crippen LogP contribution is -2.35. The molecule has 2 aromatic heterocycles. The number of nitrogen functional groups attached to an aromatic ring is 1. The quantitative estimate of drug-likeness (QED) is 0.654. The van der Waals surface area contributed by atoms with Gasteiger partial charge in [0, 0.05) is 29.2 Å². The lowest BCUT2D eigenvalue weighted by molar-refractivity contribution is 0.0735. The first-order valence-electron chi connectivity index (χ1n) is 6.47. The normalized spacial score (nSPS) is 14.0. The summed E-state index contributed by atoms with van der Waals surface area (Å²) in [7, 11) is 0. The molecule has 0 atom stereocenters. The fourth-order valence-corrected chi connectivity index (χ4v) is 3.36. The number of thiophene rings is 1. The monoisotopic (exact) mass is 288 g/mol. The molecule has 6 heteroatoms. The third-order valence-electron chi connectivity index (χ3n) is 3.44. The molecular formula is C14H16N4OS. The minimum Gasteiger partial charge on any atom is -0.334 e. The number of aromatic nitrogens is 1. The molecule has 0 aromatic carbocycles. The van der Waals surface area contributed by atoms with Crippen LogP contribution < -0.4 is 11.3 Å². The van der Waals surface area contributed by atoms with E-state index in [1.165, 1.54) is 10.4 Å². The molecule has 0 saturated carbocycles. The van der Waals surface area contributed by atoms with E-state index in [9.17, 15) is 4.79 Å². The first kappa shape index (κ1) is 13.1. The number of pyridine rings is 1. The van der Waals surface area contributed by atoms with Gasteiger partial charge >= 0.3 is 0 Å². The smallest absolute Gasteiger partial charge is 0.254 e. The van der Waals surface area contributed by atoms with Gasteiger partial charge in [-0.1, -0.05) is 0 Å². The SMILES string of the molecule is Cc1cc(C(=O)N2CCc3sccc3C2)cc(NN)n1. The number of nitrogens with two attached hydrogens (primary N) is 1. The van der Waals surface area contributed by atoms with Crippen LogP contribution in [0.15, 0.2) is 23.6 Å². The predicted molar refractivity (Wildman–Crippen MR) is 79.5 cm³/mol. The molecule has 0 fully saturated rings. The van der Waals surface area contributed by atoms with E-state index in [1.54, 1.807) is 23.5 Å². The first-order valence-corrected chi connectivity index (χ1v) is 7.35. The van der Waals surface area contributed by atoms with Gasteiger partial charge in [-0.25, -0.2) is 10.8 Å². The fourth-order valence-electron chi connectivity index (χ4n) is 2.47. The third-order valence-corrected chi connectivity index (χ3v) is 4.47. The maximum absolute atomic E-state index is 12.6. The van der Waals surface area contributed by atoms with E-state index in [-0.39, 0.29) is 5.91 Å². The van der Waals surface area contributed by atoms with Crippen molar-refractivity contribution in [3.8, 4) is 0 Å². The Morgan fingerprint density at radius 2 is 2.35 bits per heavy atom. The highest BCUT2D eigenvalue weighted by Gasteiger charge is 2.23. The van der Waals surface area contributed by atoms with E-state index < -0.39 is 0 Å². The van der Waals surface area contributed by atoms with Gasteiger partial charge in [-0.15, -0.1) is 11.3 Å². The highest BCUT2D eigenvalue weighted by Crippen LogP contribution is 2.25. The summed E-state index contributed by atoms with van der Waals surface area (Å²) in [5.41, 5.74) is 5.16. The number of hydrogen-bond acceptors (Lipinski definition) is 5. The summed E-state index contributed by atoms with van der Waals surface area (Å²) < 4.78 is 0. The van der Waals surface area contributed by atoms with Crippen LogP contribution in [-0.4, -0.2) is 22.3 Å². The average Bonchev–Trinajstić information content (AvgIpc) is 2.93. The topological polar surface area (TPSA) is 71.2 Å². The standard InChI is InChI=1S/C14H16N4OS/c1-9-6-11(7-13(16-9)17-15)14(19)18-4-2-12-10(8-18)3-5-20-12/h3,5-7H,2,4,8,15H2,1H3,(H,16,17). The summed E-state index contributed by atoms with van der Waals surface area (Å²) in [4.78, 5) is 20.1. The lowest BCUT2D eigenvalue weighted by atomic mass is 10.1. The van der Waals surface area contributed by atoms with E-state index >= 15 is 0 Å².